The molecule has 0 saturated carbocycles. The highest BCUT2D eigenvalue weighted by atomic mass is 32.2. The Balaban J connectivity index is 1.73. The molecule has 1 aliphatic rings. The average Bonchev–Trinajstić information content (AvgIpc) is 3.05. The fraction of sp³-hybridized carbons (Fsp3) is 0.385. The first-order valence-corrected chi connectivity index (χ1v) is 13.7. The smallest absolute Gasteiger partial charge is 0.395 e. The first kappa shape index (κ1) is 27.8. The average molecular weight is 550 g/mol. The number of hydrogen-bond donors (Lipinski definition) is 2. The maximum absolute atomic E-state index is 13.7. The second-order valence-corrected chi connectivity index (χ2v) is 11.1. The van der Waals surface area contributed by atoms with E-state index in [9.17, 15) is 21.6 Å². The van der Waals surface area contributed by atoms with Crippen molar-refractivity contribution < 1.29 is 26.7 Å². The van der Waals surface area contributed by atoms with E-state index in [4.69, 9.17) is 5.11 Å². The van der Waals surface area contributed by atoms with E-state index in [-0.39, 0.29) is 26.2 Å². The molecule has 0 amide bonds. The Labute approximate surface area is 220 Å². The first-order valence-electron chi connectivity index (χ1n) is 12.2. The molecule has 12 heteroatoms. The van der Waals surface area contributed by atoms with Crippen LogP contribution in [0.1, 0.15) is 28.9 Å². The van der Waals surface area contributed by atoms with Gasteiger partial charge in [-0.15, -0.1) is 0 Å². The lowest BCUT2D eigenvalue weighted by Crippen LogP contribution is -2.47. The van der Waals surface area contributed by atoms with E-state index in [0.29, 0.717) is 52.0 Å². The van der Waals surface area contributed by atoms with E-state index in [0.717, 1.165) is 5.56 Å². The maximum atomic E-state index is 13.7. The third-order valence-corrected chi connectivity index (χ3v) is 8.13. The van der Waals surface area contributed by atoms with Crippen LogP contribution in [0.5, 0.6) is 0 Å². The number of nitrogens with one attached hydrogen (secondary N) is 1. The van der Waals surface area contributed by atoms with Gasteiger partial charge in [0.2, 0.25) is 0 Å². The molecule has 0 aliphatic carbocycles. The zero-order chi connectivity index (χ0) is 27.3. The highest BCUT2D eigenvalue weighted by molar-refractivity contribution is 7.89. The lowest BCUT2D eigenvalue weighted by molar-refractivity contribution is -0.0492. The van der Waals surface area contributed by atoms with E-state index in [1.807, 2.05) is 41.3 Å². The normalized spacial score (nSPS) is 16.7. The molecule has 1 aromatic heterocycles. The SMILES string of the molecule is Cc1cccc2c1CN(S(=O)(=O)C(F)(F)F)C[C@H](CCc1ccccc1)N2Cc1ncc(NCCO)cn1. The standard InChI is InChI=1S/C26H30F3N5O3S/c1-19-6-5-9-24-23(19)17-33(38(36,37)26(27,28)29)16-22(11-10-20-7-3-2-4-8-20)34(24)18-25-31-14-21(15-32-25)30-12-13-35/h2-9,14-15,22,30,35H,10-13,16-18H2,1H3/t22-/m0/s1. The van der Waals surface area contributed by atoms with Crippen LogP contribution in [0.25, 0.3) is 0 Å². The molecule has 1 aliphatic heterocycles. The second-order valence-electron chi connectivity index (χ2n) is 9.16. The summed E-state index contributed by atoms with van der Waals surface area (Å²) >= 11 is 0. The molecular weight excluding hydrogens is 519 g/mol. The summed E-state index contributed by atoms with van der Waals surface area (Å²) in [4.78, 5) is 10.7. The number of sulfonamides is 1. The minimum absolute atomic E-state index is 0.0495. The topological polar surface area (TPSA) is 98.7 Å². The molecule has 204 valence electrons. The lowest BCUT2D eigenvalue weighted by Gasteiger charge is -2.34. The predicted octanol–water partition coefficient (Wildman–Crippen LogP) is 3.86. The molecule has 2 heterocycles. The number of benzene rings is 2. The van der Waals surface area contributed by atoms with Crippen LogP contribution in [0.15, 0.2) is 60.9 Å². The first-order chi connectivity index (χ1) is 18.1. The van der Waals surface area contributed by atoms with Crippen molar-refractivity contribution in [3.05, 3.63) is 83.4 Å². The van der Waals surface area contributed by atoms with E-state index in [2.05, 4.69) is 15.3 Å². The van der Waals surface area contributed by atoms with Crippen LogP contribution in [0, 0.1) is 6.92 Å². The fourth-order valence-electron chi connectivity index (χ4n) is 4.58. The Kier molecular flexibility index (Phi) is 8.54. The van der Waals surface area contributed by atoms with Gasteiger partial charge in [-0.1, -0.05) is 42.5 Å². The number of anilines is 2. The van der Waals surface area contributed by atoms with E-state index < -0.39 is 21.6 Å². The van der Waals surface area contributed by atoms with Gasteiger partial charge in [0.1, 0.15) is 5.82 Å². The van der Waals surface area contributed by atoms with E-state index in [1.165, 1.54) is 0 Å². The molecule has 3 aromatic rings. The summed E-state index contributed by atoms with van der Waals surface area (Å²) in [6, 6.07) is 14.3. The number of alkyl halides is 3. The van der Waals surface area contributed by atoms with Crippen LogP contribution in [-0.2, 0) is 29.5 Å². The molecular formula is C26H30F3N5O3S. The zero-order valence-corrected chi connectivity index (χ0v) is 21.7. The number of fused-ring (bicyclic) bond motifs is 1. The summed E-state index contributed by atoms with van der Waals surface area (Å²) in [5, 5.41) is 12.0. The molecule has 1 atom stereocenters. The summed E-state index contributed by atoms with van der Waals surface area (Å²) in [5.41, 5.74) is -1.91. The van der Waals surface area contributed by atoms with Crippen LogP contribution in [0.2, 0.25) is 0 Å². The van der Waals surface area contributed by atoms with Crippen LogP contribution in [-0.4, -0.2) is 59.0 Å². The lowest BCUT2D eigenvalue weighted by atomic mass is 10.0. The summed E-state index contributed by atoms with van der Waals surface area (Å²) in [6.45, 7) is 1.51. The number of aliphatic hydroxyl groups is 1. The molecule has 0 spiro atoms. The highest BCUT2D eigenvalue weighted by Crippen LogP contribution is 2.37. The molecule has 0 radical (unpaired) electrons. The van der Waals surface area contributed by atoms with Crippen molar-refractivity contribution in [2.24, 2.45) is 0 Å². The van der Waals surface area contributed by atoms with Gasteiger partial charge in [-0.25, -0.2) is 18.4 Å². The number of nitrogens with zero attached hydrogens (tertiary/aromatic N) is 4. The maximum Gasteiger partial charge on any atom is 0.511 e. The largest absolute Gasteiger partial charge is 0.511 e. The van der Waals surface area contributed by atoms with Crippen molar-refractivity contribution in [3.8, 4) is 0 Å². The molecule has 0 saturated heterocycles. The molecule has 2 N–H and O–H groups in total. The zero-order valence-electron chi connectivity index (χ0n) is 20.9. The van der Waals surface area contributed by atoms with Crippen molar-refractivity contribution in [1.29, 1.82) is 0 Å². The van der Waals surface area contributed by atoms with Crippen LogP contribution >= 0.6 is 0 Å². The summed E-state index contributed by atoms with van der Waals surface area (Å²) in [7, 11) is -5.56. The van der Waals surface area contributed by atoms with Gasteiger partial charge in [0.05, 0.1) is 31.2 Å². The van der Waals surface area contributed by atoms with Gasteiger partial charge < -0.3 is 15.3 Å². The van der Waals surface area contributed by atoms with Crippen LogP contribution < -0.4 is 10.2 Å². The van der Waals surface area contributed by atoms with Crippen molar-refractivity contribution in [1.82, 2.24) is 14.3 Å². The van der Waals surface area contributed by atoms with Crippen molar-refractivity contribution in [2.75, 3.05) is 29.9 Å². The van der Waals surface area contributed by atoms with Gasteiger partial charge in [0, 0.05) is 31.4 Å². The Hall–Kier alpha value is -3.22. The number of rotatable bonds is 9. The minimum Gasteiger partial charge on any atom is -0.395 e. The Morgan fingerprint density at radius 2 is 1.79 bits per heavy atom. The van der Waals surface area contributed by atoms with Gasteiger partial charge in [-0.05, 0) is 42.5 Å². The van der Waals surface area contributed by atoms with E-state index in [1.54, 1.807) is 31.5 Å². The second kappa shape index (κ2) is 11.7. The molecule has 0 bridgehead atoms. The number of halogens is 3. The van der Waals surface area contributed by atoms with Crippen molar-refractivity contribution in [3.63, 3.8) is 0 Å². The van der Waals surface area contributed by atoms with Crippen molar-refractivity contribution >= 4 is 21.4 Å². The number of aryl methyl sites for hydroxylation is 2. The van der Waals surface area contributed by atoms with Gasteiger partial charge in [-0.2, -0.15) is 17.5 Å². The quantitative estimate of drug-likeness (QED) is 0.418. The van der Waals surface area contributed by atoms with Gasteiger partial charge in [0.25, 0.3) is 0 Å². The minimum atomic E-state index is -5.56. The molecule has 0 unspecified atom stereocenters. The molecule has 0 fully saturated rings. The summed E-state index contributed by atoms with van der Waals surface area (Å²) in [5.74, 6) is 0.434. The van der Waals surface area contributed by atoms with Crippen LogP contribution in [0.3, 0.4) is 0 Å². The van der Waals surface area contributed by atoms with Crippen molar-refractivity contribution in [2.45, 2.75) is 44.4 Å². The fourth-order valence-corrected chi connectivity index (χ4v) is 5.54. The Morgan fingerprint density at radius 3 is 2.45 bits per heavy atom. The van der Waals surface area contributed by atoms with E-state index >= 15 is 0 Å². The van der Waals surface area contributed by atoms with Crippen LogP contribution in [0.4, 0.5) is 24.5 Å². The Bertz CT molecular complexity index is 1320. The molecule has 2 aromatic carbocycles. The summed E-state index contributed by atoms with van der Waals surface area (Å²) < 4.78 is 66.9. The number of hydrogen-bond acceptors (Lipinski definition) is 7. The van der Waals surface area contributed by atoms with Gasteiger partial charge >= 0.3 is 15.5 Å². The third kappa shape index (κ3) is 6.25. The monoisotopic (exact) mass is 549 g/mol. The predicted molar refractivity (Wildman–Crippen MR) is 139 cm³/mol. The molecule has 38 heavy (non-hydrogen) atoms. The molecule has 4 rings (SSSR count). The third-order valence-electron chi connectivity index (χ3n) is 6.58. The summed E-state index contributed by atoms with van der Waals surface area (Å²) in [6.07, 6.45) is 4.12. The molecule has 8 nitrogen and oxygen atoms in total. The number of aromatic nitrogens is 2. The Morgan fingerprint density at radius 1 is 1.08 bits per heavy atom. The van der Waals surface area contributed by atoms with Gasteiger partial charge in [0.15, 0.2) is 0 Å². The number of aliphatic hydroxyl groups excluding tert-OH is 1. The highest BCUT2D eigenvalue weighted by Gasteiger charge is 2.51. The van der Waals surface area contributed by atoms with Gasteiger partial charge in [-0.3, -0.25) is 0 Å².